The fourth-order valence-corrected chi connectivity index (χ4v) is 1.28. The summed E-state index contributed by atoms with van der Waals surface area (Å²) in [5.41, 5.74) is 2.28. The molecule has 0 atom stereocenters. The standard InChI is InChI=1S/C8H14Si/c1-3-5-6-8-9-7-4-2/h3-6,8H,2,7,9H2,1H3. The van der Waals surface area contributed by atoms with E-state index in [-0.39, 0.29) is 9.52 Å². The van der Waals surface area contributed by atoms with Crippen LogP contribution >= 0.6 is 0 Å². The monoisotopic (exact) mass is 138 g/mol. The zero-order valence-corrected chi connectivity index (χ0v) is 7.42. The van der Waals surface area contributed by atoms with Crippen molar-refractivity contribution >= 4 is 9.52 Å². The first-order chi connectivity index (χ1) is 4.41. The molecule has 0 spiro atoms. The van der Waals surface area contributed by atoms with E-state index in [1.807, 2.05) is 19.1 Å². The van der Waals surface area contributed by atoms with Crippen molar-refractivity contribution in [2.45, 2.75) is 13.0 Å². The molecule has 0 N–H and O–H groups in total. The van der Waals surface area contributed by atoms with Crippen LogP contribution in [0.5, 0.6) is 0 Å². The van der Waals surface area contributed by atoms with Crippen molar-refractivity contribution in [3.05, 3.63) is 36.6 Å². The van der Waals surface area contributed by atoms with E-state index in [0.717, 1.165) is 0 Å². The summed E-state index contributed by atoms with van der Waals surface area (Å²) in [5, 5.41) is 0. The molecule has 0 aromatic heterocycles. The topological polar surface area (TPSA) is 0 Å². The third-order valence-electron chi connectivity index (χ3n) is 0.977. The Morgan fingerprint density at radius 3 is 2.78 bits per heavy atom. The zero-order chi connectivity index (χ0) is 6.95. The first kappa shape index (κ1) is 8.44. The minimum Gasteiger partial charge on any atom is -0.103 e. The molecule has 0 heterocycles. The highest BCUT2D eigenvalue weighted by Gasteiger charge is 1.71. The highest BCUT2D eigenvalue weighted by molar-refractivity contribution is 6.42. The van der Waals surface area contributed by atoms with E-state index >= 15 is 0 Å². The van der Waals surface area contributed by atoms with Gasteiger partial charge >= 0.3 is 0 Å². The Balaban J connectivity index is 3.14. The van der Waals surface area contributed by atoms with E-state index in [1.165, 1.54) is 6.04 Å². The van der Waals surface area contributed by atoms with Gasteiger partial charge in [0.25, 0.3) is 0 Å². The Labute approximate surface area is 59.8 Å². The zero-order valence-electron chi connectivity index (χ0n) is 6.01. The Bertz CT molecular complexity index is 112. The summed E-state index contributed by atoms with van der Waals surface area (Å²) in [5.74, 6) is 0. The third kappa shape index (κ3) is 7.44. The predicted octanol–water partition coefficient (Wildman–Crippen LogP) is 1.85. The second-order valence-corrected chi connectivity index (χ2v) is 3.45. The fourth-order valence-electron chi connectivity index (χ4n) is 0.500. The van der Waals surface area contributed by atoms with Gasteiger partial charge in [-0.1, -0.05) is 24.3 Å². The maximum Gasteiger partial charge on any atom is 0.0491 e. The molecular weight excluding hydrogens is 124 g/mol. The lowest BCUT2D eigenvalue weighted by Gasteiger charge is -1.79. The molecule has 0 saturated heterocycles. The van der Waals surface area contributed by atoms with Crippen LogP contribution in [0.1, 0.15) is 6.92 Å². The van der Waals surface area contributed by atoms with E-state index in [4.69, 9.17) is 0 Å². The number of hydrogen-bond acceptors (Lipinski definition) is 0. The lowest BCUT2D eigenvalue weighted by Crippen LogP contribution is -1.76. The van der Waals surface area contributed by atoms with Crippen LogP contribution in [0.15, 0.2) is 36.6 Å². The van der Waals surface area contributed by atoms with E-state index in [9.17, 15) is 0 Å². The normalized spacial score (nSPS) is 12.6. The van der Waals surface area contributed by atoms with Crippen molar-refractivity contribution in [1.29, 1.82) is 0 Å². The Kier molecular flexibility index (Phi) is 6.97. The third-order valence-corrected chi connectivity index (χ3v) is 2.32. The van der Waals surface area contributed by atoms with Crippen LogP contribution in [0.3, 0.4) is 0 Å². The van der Waals surface area contributed by atoms with Crippen LogP contribution in [0.25, 0.3) is 0 Å². The lowest BCUT2D eigenvalue weighted by molar-refractivity contribution is 1.71. The first-order valence-corrected chi connectivity index (χ1v) is 5.12. The minimum atomic E-state index is 0.0411. The summed E-state index contributed by atoms with van der Waals surface area (Å²) in [7, 11) is 0.0411. The molecule has 0 bridgehead atoms. The van der Waals surface area contributed by atoms with Gasteiger partial charge in [-0.05, 0) is 13.0 Å². The molecule has 0 aromatic rings. The molecule has 0 radical (unpaired) electrons. The molecule has 0 rings (SSSR count). The maximum absolute atomic E-state index is 3.66. The second kappa shape index (κ2) is 7.44. The average Bonchev–Trinajstić information content (AvgIpc) is 1.89. The van der Waals surface area contributed by atoms with Crippen LogP contribution in [-0.4, -0.2) is 9.52 Å². The van der Waals surface area contributed by atoms with Crippen LogP contribution in [-0.2, 0) is 0 Å². The van der Waals surface area contributed by atoms with Crippen molar-refractivity contribution in [3.63, 3.8) is 0 Å². The smallest absolute Gasteiger partial charge is 0.0491 e. The van der Waals surface area contributed by atoms with Gasteiger partial charge in [0.1, 0.15) is 0 Å². The van der Waals surface area contributed by atoms with Crippen molar-refractivity contribution in [2.24, 2.45) is 0 Å². The van der Waals surface area contributed by atoms with Gasteiger partial charge in [-0.25, -0.2) is 0 Å². The summed E-state index contributed by atoms with van der Waals surface area (Å²) < 4.78 is 0. The summed E-state index contributed by atoms with van der Waals surface area (Å²) in [6.07, 6.45) is 8.22. The fraction of sp³-hybridized carbons (Fsp3) is 0.250. The summed E-state index contributed by atoms with van der Waals surface area (Å²) in [4.78, 5) is 0. The highest BCUT2D eigenvalue weighted by Crippen LogP contribution is 1.81. The Morgan fingerprint density at radius 2 is 2.22 bits per heavy atom. The van der Waals surface area contributed by atoms with E-state index in [0.29, 0.717) is 0 Å². The minimum absolute atomic E-state index is 0.0411. The van der Waals surface area contributed by atoms with Crippen LogP contribution < -0.4 is 0 Å². The molecule has 0 amide bonds. The van der Waals surface area contributed by atoms with Gasteiger partial charge in [0, 0.05) is 9.52 Å². The van der Waals surface area contributed by atoms with Crippen LogP contribution in [0, 0.1) is 0 Å². The molecule has 0 nitrogen and oxygen atoms in total. The molecule has 0 aromatic carbocycles. The predicted molar refractivity (Wildman–Crippen MR) is 47.5 cm³/mol. The molecule has 0 unspecified atom stereocenters. The van der Waals surface area contributed by atoms with Crippen molar-refractivity contribution in [2.75, 3.05) is 0 Å². The van der Waals surface area contributed by atoms with Crippen LogP contribution in [0.2, 0.25) is 6.04 Å². The summed E-state index contributed by atoms with van der Waals surface area (Å²) in [6, 6.07) is 1.22. The Hall–Kier alpha value is -0.563. The van der Waals surface area contributed by atoms with Gasteiger partial charge in [-0.3, -0.25) is 0 Å². The molecule has 50 valence electrons. The molecule has 0 aliphatic carbocycles. The van der Waals surface area contributed by atoms with Crippen LogP contribution in [0.4, 0.5) is 0 Å². The summed E-state index contributed by atoms with van der Waals surface area (Å²) in [6.45, 7) is 5.69. The van der Waals surface area contributed by atoms with Crippen molar-refractivity contribution < 1.29 is 0 Å². The van der Waals surface area contributed by atoms with E-state index < -0.39 is 0 Å². The molecule has 9 heavy (non-hydrogen) atoms. The van der Waals surface area contributed by atoms with Crippen molar-refractivity contribution in [3.8, 4) is 0 Å². The SMILES string of the molecule is C=CC[SiH2]C=CC=CC. The lowest BCUT2D eigenvalue weighted by atomic mass is 10.5. The molecular formula is C8H14Si. The highest BCUT2D eigenvalue weighted by atomic mass is 28.2. The van der Waals surface area contributed by atoms with Crippen molar-refractivity contribution in [1.82, 2.24) is 0 Å². The molecule has 0 fully saturated rings. The van der Waals surface area contributed by atoms with Gasteiger partial charge in [0.15, 0.2) is 0 Å². The molecule has 1 heteroatoms. The second-order valence-electron chi connectivity index (χ2n) is 1.82. The molecule has 0 aliphatic rings. The maximum atomic E-state index is 3.66. The van der Waals surface area contributed by atoms with Gasteiger partial charge in [0.05, 0.1) is 0 Å². The number of hydrogen-bond donors (Lipinski definition) is 0. The van der Waals surface area contributed by atoms with E-state index in [1.54, 1.807) is 0 Å². The average molecular weight is 138 g/mol. The van der Waals surface area contributed by atoms with Gasteiger partial charge < -0.3 is 0 Å². The molecule has 0 saturated carbocycles. The quantitative estimate of drug-likeness (QED) is 0.241. The largest absolute Gasteiger partial charge is 0.103 e. The van der Waals surface area contributed by atoms with Gasteiger partial charge in [0.2, 0.25) is 0 Å². The molecule has 0 aliphatic heterocycles. The van der Waals surface area contributed by atoms with Gasteiger partial charge in [-0.2, -0.15) is 0 Å². The number of rotatable bonds is 4. The Morgan fingerprint density at radius 1 is 1.44 bits per heavy atom. The summed E-state index contributed by atoms with van der Waals surface area (Å²) >= 11 is 0. The first-order valence-electron chi connectivity index (χ1n) is 3.30. The van der Waals surface area contributed by atoms with Gasteiger partial charge in [-0.15, -0.1) is 12.3 Å². The van der Waals surface area contributed by atoms with E-state index in [2.05, 4.69) is 24.4 Å². The number of allylic oxidation sites excluding steroid dienone is 4.